The molecular formula is C16H23FO2. The average Bonchev–Trinajstić information content (AvgIpc) is 2.92. The first kappa shape index (κ1) is 14.5. The molecule has 1 saturated heterocycles. The lowest BCUT2D eigenvalue weighted by molar-refractivity contribution is 0.0152. The normalized spacial score (nSPS) is 22.4. The summed E-state index contributed by atoms with van der Waals surface area (Å²) in [5.41, 5.74) is -0.233. The minimum Gasteiger partial charge on any atom is -0.385 e. The second-order valence-corrected chi connectivity index (χ2v) is 5.42. The van der Waals surface area contributed by atoms with Crippen LogP contribution in [0.15, 0.2) is 24.3 Å². The van der Waals surface area contributed by atoms with E-state index in [1.807, 2.05) is 6.92 Å². The van der Waals surface area contributed by atoms with Crippen LogP contribution in [0.5, 0.6) is 0 Å². The third kappa shape index (κ3) is 3.77. The molecule has 1 aromatic rings. The molecule has 2 unspecified atom stereocenters. The summed E-state index contributed by atoms with van der Waals surface area (Å²) in [6.45, 7) is 2.81. The van der Waals surface area contributed by atoms with Crippen LogP contribution in [0.4, 0.5) is 4.39 Å². The Morgan fingerprint density at radius 2 is 2.32 bits per heavy atom. The molecule has 19 heavy (non-hydrogen) atoms. The second kappa shape index (κ2) is 6.49. The Morgan fingerprint density at radius 3 is 2.95 bits per heavy atom. The molecule has 1 N–H and O–H groups in total. The van der Waals surface area contributed by atoms with Gasteiger partial charge in [0.15, 0.2) is 0 Å². The third-order valence-electron chi connectivity index (χ3n) is 4.09. The highest BCUT2D eigenvalue weighted by molar-refractivity contribution is 5.23. The van der Waals surface area contributed by atoms with E-state index < -0.39 is 5.60 Å². The summed E-state index contributed by atoms with van der Waals surface area (Å²) in [7, 11) is 0. The van der Waals surface area contributed by atoms with Gasteiger partial charge in [-0.2, -0.15) is 0 Å². The summed E-state index contributed by atoms with van der Waals surface area (Å²) < 4.78 is 18.9. The molecule has 1 aliphatic rings. The molecule has 0 radical (unpaired) electrons. The Balaban J connectivity index is 1.93. The molecule has 0 aliphatic carbocycles. The van der Waals surface area contributed by atoms with Crippen molar-refractivity contribution in [2.45, 2.75) is 57.2 Å². The van der Waals surface area contributed by atoms with Gasteiger partial charge >= 0.3 is 0 Å². The van der Waals surface area contributed by atoms with Crippen molar-refractivity contribution in [2.24, 2.45) is 0 Å². The number of rotatable bonds is 6. The first-order valence-corrected chi connectivity index (χ1v) is 7.24. The molecule has 2 nitrogen and oxygen atoms in total. The zero-order valence-electron chi connectivity index (χ0n) is 11.6. The summed E-state index contributed by atoms with van der Waals surface area (Å²) in [4.78, 5) is 0. The van der Waals surface area contributed by atoms with Crippen molar-refractivity contribution in [1.82, 2.24) is 0 Å². The highest BCUT2D eigenvalue weighted by Crippen LogP contribution is 2.32. The summed E-state index contributed by atoms with van der Waals surface area (Å²) in [6.07, 6.45) is 5.78. The lowest BCUT2D eigenvalue weighted by Crippen LogP contribution is -2.25. The average molecular weight is 266 g/mol. The molecule has 0 aromatic heterocycles. The fraction of sp³-hybridized carbons (Fsp3) is 0.625. The van der Waals surface area contributed by atoms with Crippen LogP contribution in [0, 0.1) is 5.82 Å². The maximum atomic E-state index is 13.3. The fourth-order valence-corrected chi connectivity index (χ4v) is 2.80. The number of hydrogen-bond donors (Lipinski definition) is 1. The first-order chi connectivity index (χ1) is 9.14. The van der Waals surface area contributed by atoms with Crippen LogP contribution in [0.3, 0.4) is 0 Å². The van der Waals surface area contributed by atoms with Gasteiger partial charge in [0.1, 0.15) is 5.82 Å². The smallest absolute Gasteiger partial charge is 0.123 e. The molecule has 0 amide bonds. The second-order valence-electron chi connectivity index (χ2n) is 5.42. The topological polar surface area (TPSA) is 29.5 Å². The van der Waals surface area contributed by atoms with Crippen LogP contribution in [0.1, 0.15) is 51.0 Å². The number of hydrogen-bond acceptors (Lipinski definition) is 2. The number of benzene rings is 1. The molecule has 3 heteroatoms. The van der Waals surface area contributed by atoms with Crippen LogP contribution in [-0.2, 0) is 10.3 Å². The monoisotopic (exact) mass is 266 g/mol. The number of aliphatic hydroxyl groups is 1. The van der Waals surface area contributed by atoms with Gasteiger partial charge < -0.3 is 9.84 Å². The van der Waals surface area contributed by atoms with Crippen molar-refractivity contribution >= 4 is 0 Å². The van der Waals surface area contributed by atoms with E-state index in [0.29, 0.717) is 24.5 Å². The van der Waals surface area contributed by atoms with Gasteiger partial charge in [0.25, 0.3) is 0 Å². The summed E-state index contributed by atoms with van der Waals surface area (Å²) in [5.74, 6) is -0.288. The fourth-order valence-electron chi connectivity index (χ4n) is 2.80. The van der Waals surface area contributed by atoms with Crippen LogP contribution in [0.2, 0.25) is 0 Å². The van der Waals surface area contributed by atoms with Crippen LogP contribution in [-0.4, -0.2) is 17.8 Å². The van der Waals surface area contributed by atoms with E-state index in [1.165, 1.54) is 12.1 Å². The predicted molar refractivity (Wildman–Crippen MR) is 73.4 cm³/mol. The van der Waals surface area contributed by atoms with Gasteiger partial charge in [-0.25, -0.2) is 4.39 Å². The quantitative estimate of drug-likeness (QED) is 0.849. The van der Waals surface area contributed by atoms with Crippen LogP contribution >= 0.6 is 0 Å². The van der Waals surface area contributed by atoms with E-state index in [1.54, 1.807) is 12.1 Å². The van der Waals surface area contributed by atoms with Gasteiger partial charge in [0.05, 0.1) is 11.7 Å². The van der Waals surface area contributed by atoms with Gasteiger partial charge in [-0.3, -0.25) is 0 Å². The van der Waals surface area contributed by atoms with Crippen molar-refractivity contribution in [1.29, 1.82) is 0 Å². The van der Waals surface area contributed by atoms with E-state index in [4.69, 9.17) is 4.74 Å². The van der Waals surface area contributed by atoms with Gasteiger partial charge in [-0.05, 0) is 56.2 Å². The Morgan fingerprint density at radius 1 is 1.47 bits per heavy atom. The molecule has 2 rings (SSSR count). The Kier molecular flexibility index (Phi) is 4.94. The third-order valence-corrected chi connectivity index (χ3v) is 4.09. The van der Waals surface area contributed by atoms with Gasteiger partial charge in [-0.15, -0.1) is 0 Å². The minimum atomic E-state index is -0.916. The molecule has 1 aliphatic heterocycles. The zero-order chi connectivity index (χ0) is 13.7. The van der Waals surface area contributed by atoms with Gasteiger partial charge in [0, 0.05) is 6.61 Å². The largest absolute Gasteiger partial charge is 0.385 e. The summed E-state index contributed by atoms with van der Waals surface area (Å²) in [5, 5.41) is 10.7. The van der Waals surface area contributed by atoms with E-state index in [9.17, 15) is 9.50 Å². The van der Waals surface area contributed by atoms with Crippen molar-refractivity contribution < 1.29 is 14.2 Å². The summed E-state index contributed by atoms with van der Waals surface area (Å²) >= 11 is 0. The number of halogens is 1. The van der Waals surface area contributed by atoms with Gasteiger partial charge in [0.2, 0.25) is 0 Å². The van der Waals surface area contributed by atoms with E-state index in [2.05, 4.69) is 0 Å². The van der Waals surface area contributed by atoms with E-state index >= 15 is 0 Å². The van der Waals surface area contributed by atoms with Crippen LogP contribution < -0.4 is 0 Å². The maximum Gasteiger partial charge on any atom is 0.123 e. The van der Waals surface area contributed by atoms with E-state index in [-0.39, 0.29) is 5.82 Å². The SMILES string of the molecule is CCC(O)(CCCC1CCCO1)c1cccc(F)c1. The Labute approximate surface area is 114 Å². The molecule has 0 bridgehead atoms. The summed E-state index contributed by atoms with van der Waals surface area (Å²) in [6, 6.07) is 6.31. The van der Waals surface area contributed by atoms with Crippen molar-refractivity contribution in [3.8, 4) is 0 Å². The molecule has 2 atom stereocenters. The van der Waals surface area contributed by atoms with Crippen molar-refractivity contribution in [2.75, 3.05) is 6.61 Å². The van der Waals surface area contributed by atoms with Crippen molar-refractivity contribution in [3.05, 3.63) is 35.6 Å². The van der Waals surface area contributed by atoms with Crippen molar-refractivity contribution in [3.63, 3.8) is 0 Å². The molecule has 1 heterocycles. The molecule has 0 saturated carbocycles. The minimum absolute atomic E-state index is 0.288. The molecule has 1 fully saturated rings. The highest BCUT2D eigenvalue weighted by atomic mass is 19.1. The molecule has 1 aromatic carbocycles. The zero-order valence-corrected chi connectivity index (χ0v) is 11.6. The number of ether oxygens (including phenoxy) is 1. The highest BCUT2D eigenvalue weighted by Gasteiger charge is 2.27. The molecule has 0 spiro atoms. The predicted octanol–water partition coefficient (Wildman–Crippen LogP) is 3.77. The standard InChI is InChI=1S/C16H23FO2/c1-2-16(18,13-6-3-7-14(17)12-13)10-4-8-15-9-5-11-19-15/h3,6-7,12,15,18H,2,4-5,8-11H2,1H3. The lowest BCUT2D eigenvalue weighted by Gasteiger charge is -2.28. The van der Waals surface area contributed by atoms with Gasteiger partial charge in [-0.1, -0.05) is 19.1 Å². The lowest BCUT2D eigenvalue weighted by atomic mass is 9.85. The van der Waals surface area contributed by atoms with Crippen LogP contribution in [0.25, 0.3) is 0 Å². The Bertz CT molecular complexity index is 401. The van der Waals surface area contributed by atoms with E-state index in [0.717, 1.165) is 32.3 Å². The Hall–Kier alpha value is -0.930. The molecular weight excluding hydrogens is 243 g/mol. The first-order valence-electron chi connectivity index (χ1n) is 7.24. The molecule has 106 valence electrons. The maximum absolute atomic E-state index is 13.3.